The van der Waals surface area contributed by atoms with E-state index < -0.39 is 6.10 Å². The monoisotopic (exact) mass is 434 g/mol. The van der Waals surface area contributed by atoms with Crippen LogP contribution in [-0.2, 0) is 4.79 Å². The molecule has 1 saturated carbocycles. The van der Waals surface area contributed by atoms with Crippen molar-refractivity contribution in [1.29, 1.82) is 0 Å². The summed E-state index contributed by atoms with van der Waals surface area (Å²) in [7, 11) is 0. The standard InChI is InChI=1S/C26H46N2O3/c1-6-7-8-9-22(29)10-11-23-24-15-20(14-21(24)16-25(23)30)17-27-13-12-26(31)28(18(2)3)19(4)5/h10-11,14,18-19,21-25,27,29-30H,6-9,12-13,15-17H2,1-5H3/t21-,22-,23+,24-,25+/m0/s1. The molecule has 0 bridgehead atoms. The Labute approximate surface area is 190 Å². The Morgan fingerprint density at radius 1 is 1.26 bits per heavy atom. The van der Waals surface area contributed by atoms with Crippen LogP contribution in [0.5, 0.6) is 0 Å². The number of unbranched alkanes of at least 4 members (excludes halogenated alkanes) is 2. The normalized spacial score (nSPS) is 26.7. The Morgan fingerprint density at radius 2 is 1.97 bits per heavy atom. The molecular formula is C26H46N2O3. The molecule has 0 unspecified atom stereocenters. The minimum atomic E-state index is -0.401. The number of hydrogen-bond acceptors (Lipinski definition) is 4. The average molecular weight is 435 g/mol. The van der Waals surface area contributed by atoms with E-state index in [2.05, 4.69) is 52.1 Å². The Bertz CT molecular complexity index is 606. The minimum absolute atomic E-state index is 0.131. The summed E-state index contributed by atoms with van der Waals surface area (Å²) in [6.45, 7) is 11.9. The van der Waals surface area contributed by atoms with E-state index in [9.17, 15) is 15.0 Å². The molecule has 3 N–H and O–H groups in total. The van der Waals surface area contributed by atoms with E-state index in [4.69, 9.17) is 0 Å². The molecule has 178 valence electrons. The van der Waals surface area contributed by atoms with Gasteiger partial charge in [0.2, 0.25) is 5.91 Å². The van der Waals surface area contributed by atoms with Crippen molar-refractivity contribution in [2.24, 2.45) is 17.8 Å². The number of amides is 1. The van der Waals surface area contributed by atoms with Gasteiger partial charge >= 0.3 is 0 Å². The van der Waals surface area contributed by atoms with Crippen LogP contribution in [0.15, 0.2) is 23.8 Å². The highest BCUT2D eigenvalue weighted by atomic mass is 16.3. The maximum Gasteiger partial charge on any atom is 0.224 e. The molecule has 0 saturated heterocycles. The number of rotatable bonds is 13. The zero-order valence-corrected chi connectivity index (χ0v) is 20.4. The molecule has 0 spiro atoms. The van der Waals surface area contributed by atoms with E-state index in [0.717, 1.165) is 45.1 Å². The van der Waals surface area contributed by atoms with Crippen LogP contribution in [0.4, 0.5) is 0 Å². The number of allylic oxidation sites excluding steroid dienone is 1. The molecule has 2 aliphatic rings. The van der Waals surface area contributed by atoms with Crippen molar-refractivity contribution in [3.05, 3.63) is 23.8 Å². The highest BCUT2D eigenvalue weighted by Gasteiger charge is 2.43. The summed E-state index contributed by atoms with van der Waals surface area (Å²) >= 11 is 0. The van der Waals surface area contributed by atoms with E-state index in [1.165, 1.54) is 5.57 Å². The number of aliphatic hydroxyl groups is 2. The van der Waals surface area contributed by atoms with Crippen molar-refractivity contribution in [2.75, 3.05) is 13.1 Å². The van der Waals surface area contributed by atoms with Gasteiger partial charge in [-0.25, -0.2) is 0 Å². The van der Waals surface area contributed by atoms with Gasteiger partial charge in [0.15, 0.2) is 0 Å². The van der Waals surface area contributed by atoms with Crippen LogP contribution in [-0.4, -0.2) is 58.4 Å². The molecule has 1 amide bonds. The maximum atomic E-state index is 12.5. The lowest BCUT2D eigenvalue weighted by atomic mass is 9.89. The summed E-state index contributed by atoms with van der Waals surface area (Å²) in [5.74, 6) is 1.20. The molecule has 0 aromatic rings. The van der Waals surface area contributed by atoms with Gasteiger partial charge in [-0.05, 0) is 58.8 Å². The lowest BCUT2D eigenvalue weighted by Crippen LogP contribution is -2.43. The Hall–Kier alpha value is -1.17. The van der Waals surface area contributed by atoms with Gasteiger partial charge in [-0.15, -0.1) is 0 Å². The van der Waals surface area contributed by atoms with Crippen molar-refractivity contribution in [2.45, 2.75) is 104 Å². The summed E-state index contributed by atoms with van der Waals surface area (Å²) in [4.78, 5) is 14.4. The fraction of sp³-hybridized carbons (Fsp3) is 0.808. The highest BCUT2D eigenvalue weighted by Crippen LogP contribution is 2.47. The predicted molar refractivity (Wildman–Crippen MR) is 128 cm³/mol. The van der Waals surface area contributed by atoms with Gasteiger partial charge < -0.3 is 20.4 Å². The first-order valence-electron chi connectivity index (χ1n) is 12.5. The highest BCUT2D eigenvalue weighted by molar-refractivity contribution is 5.77. The zero-order valence-electron chi connectivity index (χ0n) is 20.4. The molecule has 2 aliphatic carbocycles. The van der Waals surface area contributed by atoms with E-state index in [1.54, 1.807) is 0 Å². The molecule has 5 nitrogen and oxygen atoms in total. The van der Waals surface area contributed by atoms with Crippen LogP contribution < -0.4 is 5.32 Å². The Kier molecular flexibility index (Phi) is 10.7. The quantitative estimate of drug-likeness (QED) is 0.302. The van der Waals surface area contributed by atoms with Crippen LogP contribution in [0.2, 0.25) is 0 Å². The Balaban J connectivity index is 1.76. The number of hydrogen-bond donors (Lipinski definition) is 3. The van der Waals surface area contributed by atoms with E-state index in [-0.39, 0.29) is 30.0 Å². The first-order valence-corrected chi connectivity index (χ1v) is 12.5. The summed E-state index contributed by atoms with van der Waals surface area (Å²) in [5, 5.41) is 24.1. The second kappa shape index (κ2) is 12.8. The largest absolute Gasteiger partial charge is 0.392 e. The van der Waals surface area contributed by atoms with Gasteiger partial charge in [0, 0.05) is 37.5 Å². The van der Waals surface area contributed by atoms with E-state index in [0.29, 0.717) is 24.8 Å². The average Bonchev–Trinajstić information content (AvgIpc) is 3.19. The van der Waals surface area contributed by atoms with E-state index >= 15 is 0 Å². The van der Waals surface area contributed by atoms with Crippen LogP contribution in [0.25, 0.3) is 0 Å². The van der Waals surface area contributed by atoms with Crippen LogP contribution in [0, 0.1) is 17.8 Å². The van der Waals surface area contributed by atoms with Crippen molar-refractivity contribution in [3.8, 4) is 0 Å². The summed E-state index contributed by atoms with van der Waals surface area (Å²) in [6, 6.07) is 0.456. The zero-order chi connectivity index (χ0) is 23.0. The molecule has 0 aromatic carbocycles. The van der Waals surface area contributed by atoms with Crippen molar-refractivity contribution < 1.29 is 15.0 Å². The van der Waals surface area contributed by atoms with Gasteiger partial charge in [0.05, 0.1) is 12.2 Å². The lowest BCUT2D eigenvalue weighted by molar-refractivity contribution is -0.134. The van der Waals surface area contributed by atoms with Crippen molar-refractivity contribution in [1.82, 2.24) is 10.2 Å². The van der Waals surface area contributed by atoms with Gasteiger partial charge in [-0.1, -0.05) is 50.0 Å². The van der Waals surface area contributed by atoms with Gasteiger partial charge in [0.25, 0.3) is 0 Å². The third-order valence-corrected chi connectivity index (χ3v) is 6.88. The smallest absolute Gasteiger partial charge is 0.224 e. The molecule has 5 heteroatoms. The number of nitrogens with zero attached hydrogens (tertiary/aromatic N) is 1. The molecule has 0 aliphatic heterocycles. The van der Waals surface area contributed by atoms with E-state index in [1.807, 2.05) is 11.0 Å². The first kappa shape index (κ1) is 26.1. The number of carbonyl (C=O) groups is 1. The van der Waals surface area contributed by atoms with Gasteiger partial charge in [-0.2, -0.15) is 0 Å². The molecular weight excluding hydrogens is 388 g/mol. The topological polar surface area (TPSA) is 72.8 Å². The number of aliphatic hydroxyl groups excluding tert-OH is 2. The number of fused-ring (bicyclic) bond motifs is 1. The van der Waals surface area contributed by atoms with Crippen LogP contribution >= 0.6 is 0 Å². The fourth-order valence-corrected chi connectivity index (χ4v) is 5.44. The third kappa shape index (κ3) is 7.73. The van der Waals surface area contributed by atoms with Gasteiger partial charge in [-0.3, -0.25) is 4.79 Å². The second-order valence-corrected chi connectivity index (χ2v) is 10.1. The number of nitrogens with one attached hydrogen (secondary N) is 1. The molecule has 31 heavy (non-hydrogen) atoms. The molecule has 0 aromatic heterocycles. The summed E-state index contributed by atoms with van der Waals surface area (Å²) in [6.07, 6.45) is 12.1. The molecule has 0 radical (unpaired) electrons. The van der Waals surface area contributed by atoms with Crippen LogP contribution in [0.1, 0.15) is 79.6 Å². The molecule has 1 fully saturated rings. The van der Waals surface area contributed by atoms with Gasteiger partial charge in [0.1, 0.15) is 0 Å². The second-order valence-electron chi connectivity index (χ2n) is 10.1. The van der Waals surface area contributed by atoms with Crippen molar-refractivity contribution >= 4 is 5.91 Å². The molecule has 5 atom stereocenters. The summed E-state index contributed by atoms with van der Waals surface area (Å²) in [5.41, 5.74) is 1.39. The Morgan fingerprint density at radius 3 is 2.61 bits per heavy atom. The fourth-order valence-electron chi connectivity index (χ4n) is 5.44. The number of carbonyl (C=O) groups excluding carboxylic acids is 1. The molecule has 2 rings (SSSR count). The third-order valence-electron chi connectivity index (χ3n) is 6.88. The first-order chi connectivity index (χ1) is 14.7. The molecule has 0 heterocycles. The maximum absolute atomic E-state index is 12.5. The van der Waals surface area contributed by atoms with Crippen LogP contribution in [0.3, 0.4) is 0 Å². The predicted octanol–water partition coefficient (Wildman–Crippen LogP) is 4.05. The lowest BCUT2D eigenvalue weighted by Gasteiger charge is -2.31. The SMILES string of the molecule is CCCCC[C@H](O)C=C[C@@H]1[C@H]2CC(CNCCC(=O)N(C(C)C)C(C)C)=C[C@H]2C[C@H]1O. The minimum Gasteiger partial charge on any atom is -0.392 e. The van der Waals surface area contributed by atoms with Crippen molar-refractivity contribution in [3.63, 3.8) is 0 Å². The summed E-state index contributed by atoms with van der Waals surface area (Å²) < 4.78 is 0.